The van der Waals surface area contributed by atoms with Crippen molar-refractivity contribution in [2.24, 2.45) is 0 Å². The van der Waals surface area contributed by atoms with Crippen LogP contribution >= 0.6 is 15.9 Å². The molecule has 1 saturated heterocycles. The van der Waals surface area contributed by atoms with Crippen LogP contribution in [0.5, 0.6) is 0 Å². The monoisotopic (exact) mass is 267 g/mol. The molecular formula is C11H10BrNO2. The van der Waals surface area contributed by atoms with Crippen LogP contribution < -0.4 is 0 Å². The third kappa shape index (κ3) is 2.09. The van der Waals surface area contributed by atoms with Gasteiger partial charge in [0.25, 0.3) is 5.91 Å². The lowest BCUT2D eigenvalue weighted by atomic mass is 10.2. The Morgan fingerprint density at radius 2 is 2.20 bits per heavy atom. The van der Waals surface area contributed by atoms with E-state index in [4.69, 9.17) is 0 Å². The van der Waals surface area contributed by atoms with E-state index in [1.165, 1.54) is 4.90 Å². The predicted octanol–water partition coefficient (Wildman–Crippen LogP) is 2.21. The quantitative estimate of drug-likeness (QED) is 0.732. The van der Waals surface area contributed by atoms with Gasteiger partial charge in [-0.15, -0.1) is 0 Å². The van der Waals surface area contributed by atoms with E-state index >= 15 is 0 Å². The van der Waals surface area contributed by atoms with Gasteiger partial charge < -0.3 is 0 Å². The molecule has 2 amide bonds. The van der Waals surface area contributed by atoms with Gasteiger partial charge in [0.05, 0.1) is 0 Å². The summed E-state index contributed by atoms with van der Waals surface area (Å²) in [6.45, 7) is 0.546. The average molecular weight is 268 g/mol. The molecule has 1 aromatic rings. The number of halogens is 1. The SMILES string of the molecule is O=C1CCCN1C(=O)c1cccc(Br)c1. The Bertz CT molecular complexity index is 417. The fourth-order valence-electron chi connectivity index (χ4n) is 1.64. The predicted molar refractivity (Wildman–Crippen MR) is 59.4 cm³/mol. The largest absolute Gasteiger partial charge is 0.279 e. The lowest BCUT2D eigenvalue weighted by Gasteiger charge is -2.13. The number of rotatable bonds is 1. The van der Waals surface area contributed by atoms with E-state index in [0.29, 0.717) is 18.5 Å². The summed E-state index contributed by atoms with van der Waals surface area (Å²) in [5.74, 6) is -0.265. The number of benzene rings is 1. The van der Waals surface area contributed by atoms with Gasteiger partial charge in [0, 0.05) is 23.0 Å². The van der Waals surface area contributed by atoms with Crippen molar-refractivity contribution >= 4 is 27.7 Å². The molecule has 78 valence electrons. The Labute approximate surface area is 96.2 Å². The Hall–Kier alpha value is -1.16. The molecule has 1 aliphatic rings. The van der Waals surface area contributed by atoms with Gasteiger partial charge in [-0.25, -0.2) is 0 Å². The molecule has 4 heteroatoms. The molecule has 15 heavy (non-hydrogen) atoms. The Morgan fingerprint density at radius 1 is 1.40 bits per heavy atom. The molecular weight excluding hydrogens is 258 g/mol. The lowest BCUT2D eigenvalue weighted by molar-refractivity contribution is -0.125. The number of carbonyl (C=O) groups excluding carboxylic acids is 2. The molecule has 0 bridgehead atoms. The molecule has 0 aromatic heterocycles. The van der Waals surface area contributed by atoms with Crippen molar-refractivity contribution < 1.29 is 9.59 Å². The second-order valence-corrected chi connectivity index (χ2v) is 4.38. The maximum absolute atomic E-state index is 11.9. The molecule has 0 aliphatic carbocycles. The highest BCUT2D eigenvalue weighted by atomic mass is 79.9. The summed E-state index contributed by atoms with van der Waals surface area (Å²) < 4.78 is 0.847. The van der Waals surface area contributed by atoms with E-state index in [1.807, 2.05) is 6.07 Å². The van der Waals surface area contributed by atoms with Gasteiger partial charge >= 0.3 is 0 Å². The first kappa shape index (κ1) is 10.4. The highest BCUT2D eigenvalue weighted by Gasteiger charge is 2.27. The third-order valence-electron chi connectivity index (χ3n) is 2.39. The number of hydrogen-bond acceptors (Lipinski definition) is 2. The van der Waals surface area contributed by atoms with E-state index in [9.17, 15) is 9.59 Å². The molecule has 0 unspecified atom stereocenters. The Morgan fingerprint density at radius 3 is 2.80 bits per heavy atom. The van der Waals surface area contributed by atoms with Crippen molar-refractivity contribution in [1.82, 2.24) is 4.90 Å². The van der Waals surface area contributed by atoms with Gasteiger partial charge in [0.2, 0.25) is 5.91 Å². The molecule has 0 atom stereocenters. The van der Waals surface area contributed by atoms with Crippen LogP contribution in [-0.2, 0) is 4.79 Å². The van der Waals surface area contributed by atoms with Crippen molar-refractivity contribution in [2.45, 2.75) is 12.8 Å². The van der Waals surface area contributed by atoms with Crippen molar-refractivity contribution in [3.8, 4) is 0 Å². The van der Waals surface area contributed by atoms with Crippen LogP contribution in [0.25, 0.3) is 0 Å². The van der Waals surface area contributed by atoms with E-state index in [2.05, 4.69) is 15.9 Å². The van der Waals surface area contributed by atoms with Crippen molar-refractivity contribution in [3.05, 3.63) is 34.3 Å². The average Bonchev–Trinajstić information content (AvgIpc) is 2.63. The summed E-state index contributed by atoms with van der Waals surface area (Å²) in [7, 11) is 0. The van der Waals surface area contributed by atoms with E-state index < -0.39 is 0 Å². The minimum Gasteiger partial charge on any atom is -0.279 e. The van der Waals surface area contributed by atoms with E-state index in [-0.39, 0.29) is 11.8 Å². The number of likely N-dealkylation sites (tertiary alicyclic amines) is 1. The first-order valence-electron chi connectivity index (χ1n) is 4.79. The fraction of sp³-hybridized carbons (Fsp3) is 0.273. The summed E-state index contributed by atoms with van der Waals surface area (Å²) in [5, 5.41) is 0. The van der Waals surface area contributed by atoms with E-state index in [0.717, 1.165) is 10.9 Å². The number of imide groups is 1. The molecule has 0 radical (unpaired) electrons. The third-order valence-corrected chi connectivity index (χ3v) is 2.88. The topological polar surface area (TPSA) is 37.4 Å². The molecule has 2 rings (SSSR count). The molecule has 1 fully saturated rings. The smallest absolute Gasteiger partial charge is 0.260 e. The summed E-state index contributed by atoms with van der Waals surface area (Å²) in [4.78, 5) is 24.6. The van der Waals surface area contributed by atoms with Gasteiger partial charge in [-0.3, -0.25) is 14.5 Å². The number of amides is 2. The molecule has 3 nitrogen and oxygen atoms in total. The number of nitrogens with zero attached hydrogens (tertiary/aromatic N) is 1. The summed E-state index contributed by atoms with van der Waals surface area (Å²) in [6, 6.07) is 7.09. The lowest BCUT2D eigenvalue weighted by Crippen LogP contribution is -2.31. The zero-order valence-corrected chi connectivity index (χ0v) is 9.66. The standard InChI is InChI=1S/C11H10BrNO2/c12-9-4-1-3-8(7-9)11(15)13-6-2-5-10(13)14/h1,3-4,7H,2,5-6H2. The van der Waals surface area contributed by atoms with Crippen LogP contribution in [0.2, 0.25) is 0 Å². The molecule has 0 spiro atoms. The van der Waals surface area contributed by atoms with Crippen LogP contribution in [0, 0.1) is 0 Å². The first-order valence-corrected chi connectivity index (χ1v) is 5.58. The van der Waals surface area contributed by atoms with Crippen LogP contribution in [0.15, 0.2) is 28.7 Å². The molecule has 1 heterocycles. The van der Waals surface area contributed by atoms with Gasteiger partial charge in [-0.1, -0.05) is 22.0 Å². The van der Waals surface area contributed by atoms with Gasteiger partial charge in [0.1, 0.15) is 0 Å². The van der Waals surface area contributed by atoms with Crippen molar-refractivity contribution in [3.63, 3.8) is 0 Å². The maximum Gasteiger partial charge on any atom is 0.260 e. The summed E-state index contributed by atoms with van der Waals surface area (Å²) in [5.41, 5.74) is 0.555. The van der Waals surface area contributed by atoms with Crippen molar-refractivity contribution in [1.29, 1.82) is 0 Å². The van der Waals surface area contributed by atoms with Gasteiger partial charge in [0.15, 0.2) is 0 Å². The number of carbonyl (C=O) groups is 2. The highest BCUT2D eigenvalue weighted by Crippen LogP contribution is 2.17. The molecule has 0 saturated carbocycles. The van der Waals surface area contributed by atoms with Gasteiger partial charge in [-0.2, -0.15) is 0 Å². The minimum atomic E-state index is -0.196. The molecule has 1 aliphatic heterocycles. The van der Waals surface area contributed by atoms with Crippen molar-refractivity contribution in [2.75, 3.05) is 6.54 Å². The second-order valence-electron chi connectivity index (χ2n) is 3.46. The number of hydrogen-bond donors (Lipinski definition) is 0. The van der Waals surface area contributed by atoms with Crippen LogP contribution in [0.1, 0.15) is 23.2 Å². The molecule has 1 aromatic carbocycles. The first-order chi connectivity index (χ1) is 7.18. The Balaban J connectivity index is 2.24. The summed E-state index contributed by atoms with van der Waals surface area (Å²) in [6.07, 6.45) is 1.26. The van der Waals surface area contributed by atoms with Crippen LogP contribution in [0.4, 0.5) is 0 Å². The summed E-state index contributed by atoms with van der Waals surface area (Å²) >= 11 is 3.30. The van der Waals surface area contributed by atoms with Crippen LogP contribution in [0.3, 0.4) is 0 Å². The molecule has 0 N–H and O–H groups in total. The van der Waals surface area contributed by atoms with Crippen LogP contribution in [-0.4, -0.2) is 23.3 Å². The fourth-order valence-corrected chi connectivity index (χ4v) is 2.04. The zero-order chi connectivity index (χ0) is 10.8. The maximum atomic E-state index is 11.9. The van der Waals surface area contributed by atoms with Gasteiger partial charge in [-0.05, 0) is 24.6 Å². The normalized spacial score (nSPS) is 15.8. The highest BCUT2D eigenvalue weighted by molar-refractivity contribution is 9.10. The second kappa shape index (κ2) is 4.14. The minimum absolute atomic E-state index is 0.0695. The Kier molecular flexibility index (Phi) is 2.86. The van der Waals surface area contributed by atoms with E-state index in [1.54, 1.807) is 18.2 Å². The zero-order valence-electron chi connectivity index (χ0n) is 8.07.